The van der Waals surface area contributed by atoms with Gasteiger partial charge in [-0.2, -0.15) is 0 Å². The number of hydrogen-bond acceptors (Lipinski definition) is 5. The van der Waals surface area contributed by atoms with Crippen molar-refractivity contribution in [1.29, 1.82) is 0 Å². The molecule has 1 fully saturated rings. The van der Waals surface area contributed by atoms with Crippen LogP contribution in [0.4, 0.5) is 4.79 Å². The van der Waals surface area contributed by atoms with Crippen molar-refractivity contribution in [2.75, 3.05) is 39.5 Å². The Morgan fingerprint density at radius 3 is 2.74 bits per heavy atom. The molecular weight excluding hydrogens is 268 g/mol. The van der Waals surface area contributed by atoms with Gasteiger partial charge in [-0.1, -0.05) is 18.7 Å². The summed E-state index contributed by atoms with van der Waals surface area (Å²) in [4.78, 5) is 37.7. The lowest BCUT2D eigenvalue weighted by atomic mass is 10.1. The molecule has 2 amide bonds. The molecule has 1 aliphatic rings. The van der Waals surface area contributed by atoms with Gasteiger partial charge in [-0.3, -0.25) is 14.4 Å². The normalized spacial score (nSPS) is 16.4. The standard InChI is InChI=1S/C12H20N2O4S/c1-9(11(16)18-3)8-13(2)10(15)4-5-14-6-7-19-12(14)17/h9H,4-8H2,1-3H3. The second-order valence-electron chi connectivity index (χ2n) is 4.55. The number of methoxy groups -OCH3 is 1. The first-order chi connectivity index (χ1) is 8.95. The van der Waals surface area contributed by atoms with Gasteiger partial charge in [-0.25, -0.2) is 0 Å². The lowest BCUT2D eigenvalue weighted by Gasteiger charge is -2.21. The fraction of sp³-hybridized carbons (Fsp3) is 0.750. The van der Waals surface area contributed by atoms with E-state index in [0.29, 0.717) is 19.6 Å². The van der Waals surface area contributed by atoms with Crippen LogP contribution in [0.3, 0.4) is 0 Å². The lowest BCUT2D eigenvalue weighted by molar-refractivity contribution is -0.146. The Hall–Kier alpha value is -1.24. The maximum Gasteiger partial charge on any atom is 0.310 e. The molecule has 0 N–H and O–H groups in total. The van der Waals surface area contributed by atoms with E-state index in [1.165, 1.54) is 23.8 Å². The van der Waals surface area contributed by atoms with Crippen LogP contribution >= 0.6 is 11.8 Å². The number of esters is 1. The third kappa shape index (κ3) is 4.74. The van der Waals surface area contributed by atoms with Gasteiger partial charge in [0, 0.05) is 38.9 Å². The Labute approximate surface area is 117 Å². The highest BCUT2D eigenvalue weighted by molar-refractivity contribution is 8.13. The monoisotopic (exact) mass is 288 g/mol. The molecular formula is C12H20N2O4S. The SMILES string of the molecule is COC(=O)C(C)CN(C)C(=O)CCN1CCSC1=O. The molecule has 1 saturated heterocycles. The number of ether oxygens (including phenoxy) is 1. The molecule has 0 spiro atoms. The summed E-state index contributed by atoms with van der Waals surface area (Å²) in [7, 11) is 2.99. The largest absolute Gasteiger partial charge is 0.469 e. The molecule has 1 aliphatic heterocycles. The van der Waals surface area contributed by atoms with E-state index in [2.05, 4.69) is 4.74 Å². The van der Waals surface area contributed by atoms with Crippen LogP contribution in [-0.2, 0) is 14.3 Å². The highest BCUT2D eigenvalue weighted by Gasteiger charge is 2.23. The van der Waals surface area contributed by atoms with Crippen LogP contribution in [0.1, 0.15) is 13.3 Å². The van der Waals surface area contributed by atoms with Crippen LogP contribution in [0, 0.1) is 5.92 Å². The van der Waals surface area contributed by atoms with Crippen LogP contribution in [-0.4, -0.2) is 66.5 Å². The Balaban J connectivity index is 2.32. The van der Waals surface area contributed by atoms with Crippen molar-refractivity contribution in [1.82, 2.24) is 9.80 Å². The van der Waals surface area contributed by atoms with Crippen molar-refractivity contribution in [2.45, 2.75) is 13.3 Å². The van der Waals surface area contributed by atoms with E-state index in [4.69, 9.17) is 0 Å². The predicted octanol–water partition coefficient (Wildman–Crippen LogP) is 0.813. The number of hydrogen-bond donors (Lipinski definition) is 0. The fourth-order valence-corrected chi connectivity index (χ4v) is 2.69. The van der Waals surface area contributed by atoms with Crippen LogP contribution in [0.15, 0.2) is 0 Å². The summed E-state index contributed by atoms with van der Waals surface area (Å²) in [6.45, 7) is 3.20. The highest BCUT2D eigenvalue weighted by atomic mass is 32.2. The average Bonchev–Trinajstić information content (AvgIpc) is 2.80. The van der Waals surface area contributed by atoms with Crippen molar-refractivity contribution in [3.8, 4) is 0 Å². The summed E-state index contributed by atoms with van der Waals surface area (Å²) in [5.74, 6) is 0.0524. The maximum atomic E-state index is 11.9. The molecule has 7 heteroatoms. The highest BCUT2D eigenvalue weighted by Crippen LogP contribution is 2.17. The minimum Gasteiger partial charge on any atom is -0.469 e. The number of thioether (sulfide) groups is 1. The van der Waals surface area contributed by atoms with Crippen LogP contribution in [0.25, 0.3) is 0 Å². The zero-order valence-corrected chi connectivity index (χ0v) is 12.4. The van der Waals surface area contributed by atoms with E-state index in [9.17, 15) is 14.4 Å². The van der Waals surface area contributed by atoms with Crippen molar-refractivity contribution >= 4 is 28.9 Å². The third-order valence-corrected chi connectivity index (χ3v) is 3.91. The first-order valence-electron chi connectivity index (χ1n) is 6.19. The van der Waals surface area contributed by atoms with Gasteiger partial charge in [-0.05, 0) is 0 Å². The summed E-state index contributed by atoms with van der Waals surface area (Å²) in [5.41, 5.74) is 0. The van der Waals surface area contributed by atoms with Crippen molar-refractivity contribution < 1.29 is 19.1 Å². The molecule has 0 saturated carbocycles. The Morgan fingerprint density at radius 2 is 2.21 bits per heavy atom. The Bertz CT molecular complexity index is 362. The van der Waals surface area contributed by atoms with Gasteiger partial charge < -0.3 is 14.5 Å². The molecule has 0 aromatic carbocycles. The predicted molar refractivity (Wildman–Crippen MR) is 72.9 cm³/mol. The van der Waals surface area contributed by atoms with Gasteiger partial charge in [-0.15, -0.1) is 0 Å². The molecule has 1 rings (SSSR count). The number of amides is 2. The molecule has 0 bridgehead atoms. The second kappa shape index (κ2) is 7.37. The van der Waals surface area contributed by atoms with Crippen molar-refractivity contribution in [2.24, 2.45) is 5.92 Å². The van der Waals surface area contributed by atoms with Crippen LogP contribution < -0.4 is 0 Å². The summed E-state index contributed by atoms with van der Waals surface area (Å²) in [6.07, 6.45) is 0.288. The molecule has 1 atom stereocenters. The third-order valence-electron chi connectivity index (χ3n) is 3.02. The molecule has 1 unspecified atom stereocenters. The number of rotatable bonds is 6. The molecule has 6 nitrogen and oxygen atoms in total. The van der Waals surface area contributed by atoms with Crippen LogP contribution in [0.5, 0.6) is 0 Å². The quantitative estimate of drug-likeness (QED) is 0.677. The summed E-state index contributed by atoms with van der Waals surface area (Å²) >= 11 is 1.28. The van der Waals surface area contributed by atoms with E-state index in [-0.39, 0.29) is 29.5 Å². The van der Waals surface area contributed by atoms with E-state index >= 15 is 0 Å². The first-order valence-corrected chi connectivity index (χ1v) is 7.17. The fourth-order valence-electron chi connectivity index (χ4n) is 1.84. The summed E-state index contributed by atoms with van der Waals surface area (Å²) < 4.78 is 4.62. The van der Waals surface area contributed by atoms with E-state index < -0.39 is 0 Å². The zero-order chi connectivity index (χ0) is 14.4. The minimum atomic E-state index is -0.345. The second-order valence-corrected chi connectivity index (χ2v) is 5.60. The smallest absolute Gasteiger partial charge is 0.310 e. The summed E-state index contributed by atoms with van der Waals surface area (Å²) in [5, 5.41) is 0.0402. The molecule has 0 aliphatic carbocycles. The zero-order valence-electron chi connectivity index (χ0n) is 11.5. The molecule has 0 aromatic rings. The number of carbonyl (C=O) groups is 3. The summed E-state index contributed by atoms with van der Waals surface area (Å²) in [6, 6.07) is 0. The molecule has 1 heterocycles. The van der Waals surface area contributed by atoms with Gasteiger partial charge in [0.25, 0.3) is 5.24 Å². The average molecular weight is 288 g/mol. The minimum absolute atomic E-state index is 0.0402. The van der Waals surface area contributed by atoms with E-state index in [1.54, 1.807) is 18.9 Å². The Kier molecular flexibility index (Phi) is 6.14. The van der Waals surface area contributed by atoms with Gasteiger partial charge >= 0.3 is 5.97 Å². The van der Waals surface area contributed by atoms with Gasteiger partial charge in [0.1, 0.15) is 0 Å². The van der Waals surface area contributed by atoms with E-state index in [0.717, 1.165) is 5.75 Å². The van der Waals surface area contributed by atoms with E-state index in [1.807, 2.05) is 0 Å². The molecule has 108 valence electrons. The molecule has 0 aromatic heterocycles. The Morgan fingerprint density at radius 1 is 1.53 bits per heavy atom. The van der Waals surface area contributed by atoms with Gasteiger partial charge in [0.15, 0.2) is 0 Å². The molecule has 0 radical (unpaired) electrons. The number of nitrogens with zero attached hydrogens (tertiary/aromatic N) is 2. The maximum absolute atomic E-state index is 11.9. The topological polar surface area (TPSA) is 66.9 Å². The lowest BCUT2D eigenvalue weighted by Crippen LogP contribution is -2.36. The number of carbonyl (C=O) groups excluding carboxylic acids is 3. The van der Waals surface area contributed by atoms with Gasteiger partial charge in [0.05, 0.1) is 13.0 Å². The van der Waals surface area contributed by atoms with Crippen LogP contribution in [0.2, 0.25) is 0 Å². The van der Waals surface area contributed by atoms with Crippen molar-refractivity contribution in [3.05, 3.63) is 0 Å². The molecule has 19 heavy (non-hydrogen) atoms. The van der Waals surface area contributed by atoms with Crippen molar-refractivity contribution in [3.63, 3.8) is 0 Å². The van der Waals surface area contributed by atoms with Gasteiger partial charge in [0.2, 0.25) is 5.91 Å². The first kappa shape index (κ1) is 15.8.